The first-order chi connectivity index (χ1) is 8.72. The second kappa shape index (κ2) is 6.58. The Bertz CT molecular complexity index is 383. The topological polar surface area (TPSA) is 21.3 Å². The van der Waals surface area contributed by atoms with E-state index >= 15 is 0 Å². The van der Waals surface area contributed by atoms with Gasteiger partial charge in [-0.2, -0.15) is 0 Å². The van der Waals surface area contributed by atoms with Gasteiger partial charge >= 0.3 is 0 Å². The third kappa shape index (κ3) is 3.27. The third-order valence-corrected chi connectivity index (χ3v) is 4.89. The maximum atomic E-state index is 5.69. The third-order valence-electron chi connectivity index (χ3n) is 3.87. The maximum Gasteiger partial charge on any atom is 0.122 e. The van der Waals surface area contributed by atoms with Gasteiger partial charge in [0.2, 0.25) is 0 Å². The quantitative estimate of drug-likeness (QED) is 0.840. The van der Waals surface area contributed by atoms with Crippen LogP contribution in [0.1, 0.15) is 31.7 Å². The first-order valence-corrected chi connectivity index (χ1v) is 7.85. The summed E-state index contributed by atoms with van der Waals surface area (Å²) in [5, 5.41) is 4.71. The van der Waals surface area contributed by atoms with E-state index in [0.717, 1.165) is 30.7 Å². The van der Waals surface area contributed by atoms with Crippen LogP contribution in [-0.2, 0) is 0 Å². The van der Waals surface area contributed by atoms with Crippen LogP contribution in [0.3, 0.4) is 0 Å². The van der Waals surface area contributed by atoms with Crippen LogP contribution in [0, 0.1) is 5.92 Å². The molecule has 100 valence electrons. The highest BCUT2D eigenvalue weighted by Gasteiger charge is 2.21. The molecular weight excluding hydrogens is 290 g/mol. The van der Waals surface area contributed by atoms with E-state index < -0.39 is 0 Å². The summed E-state index contributed by atoms with van der Waals surface area (Å²) in [6.45, 7) is 6.41. The Labute approximate surface area is 118 Å². The molecule has 2 rings (SSSR count). The first-order valence-electron chi connectivity index (χ1n) is 6.73. The van der Waals surface area contributed by atoms with Crippen molar-refractivity contribution in [2.24, 2.45) is 5.92 Å². The fourth-order valence-electron chi connectivity index (χ4n) is 2.29. The lowest BCUT2D eigenvalue weighted by Crippen LogP contribution is -2.36. The van der Waals surface area contributed by atoms with Crippen molar-refractivity contribution >= 4 is 15.9 Å². The molecule has 0 saturated carbocycles. The Morgan fingerprint density at radius 2 is 2.17 bits per heavy atom. The standard InChI is InChI=1S/C15H22BrNO/c1-11(9-16)12(2)17-10-13-7-8-18-15-6-4-3-5-14(13)15/h3-6,11-13,17H,7-10H2,1-2H3. The van der Waals surface area contributed by atoms with Crippen LogP contribution < -0.4 is 10.1 Å². The summed E-state index contributed by atoms with van der Waals surface area (Å²) in [4.78, 5) is 0. The monoisotopic (exact) mass is 311 g/mol. The summed E-state index contributed by atoms with van der Waals surface area (Å²) >= 11 is 3.55. The number of hydrogen-bond acceptors (Lipinski definition) is 2. The zero-order valence-corrected chi connectivity index (χ0v) is 12.7. The molecule has 1 N–H and O–H groups in total. The molecule has 0 amide bonds. The summed E-state index contributed by atoms with van der Waals surface area (Å²) < 4.78 is 5.69. The Hall–Kier alpha value is -0.540. The second-order valence-electron chi connectivity index (χ2n) is 5.20. The number of para-hydroxylation sites is 1. The lowest BCUT2D eigenvalue weighted by atomic mass is 9.92. The predicted molar refractivity (Wildman–Crippen MR) is 79.7 cm³/mol. The van der Waals surface area contributed by atoms with Gasteiger partial charge in [-0.1, -0.05) is 41.1 Å². The second-order valence-corrected chi connectivity index (χ2v) is 5.85. The molecule has 3 atom stereocenters. The highest BCUT2D eigenvalue weighted by molar-refractivity contribution is 9.09. The molecule has 2 nitrogen and oxygen atoms in total. The van der Waals surface area contributed by atoms with Gasteiger partial charge in [0.1, 0.15) is 5.75 Å². The van der Waals surface area contributed by atoms with Crippen molar-refractivity contribution in [3.8, 4) is 5.75 Å². The Morgan fingerprint density at radius 3 is 2.94 bits per heavy atom. The minimum Gasteiger partial charge on any atom is -0.493 e. The number of benzene rings is 1. The van der Waals surface area contributed by atoms with Crippen LogP contribution in [0.25, 0.3) is 0 Å². The smallest absolute Gasteiger partial charge is 0.122 e. The molecule has 0 radical (unpaired) electrons. The van der Waals surface area contributed by atoms with Crippen molar-refractivity contribution in [1.29, 1.82) is 0 Å². The highest BCUT2D eigenvalue weighted by Crippen LogP contribution is 2.32. The van der Waals surface area contributed by atoms with E-state index in [0.29, 0.717) is 17.9 Å². The van der Waals surface area contributed by atoms with E-state index in [-0.39, 0.29) is 0 Å². The SMILES string of the molecule is CC(CBr)C(C)NCC1CCOc2ccccc21. The average molecular weight is 312 g/mol. The van der Waals surface area contributed by atoms with Crippen molar-refractivity contribution in [2.45, 2.75) is 32.2 Å². The molecule has 18 heavy (non-hydrogen) atoms. The van der Waals surface area contributed by atoms with E-state index in [2.05, 4.69) is 53.3 Å². The van der Waals surface area contributed by atoms with Crippen LogP contribution in [0.15, 0.2) is 24.3 Å². The van der Waals surface area contributed by atoms with Crippen LogP contribution in [-0.4, -0.2) is 24.5 Å². The highest BCUT2D eigenvalue weighted by atomic mass is 79.9. The number of alkyl halides is 1. The average Bonchev–Trinajstić information content (AvgIpc) is 2.43. The van der Waals surface area contributed by atoms with Gasteiger partial charge in [-0.05, 0) is 30.9 Å². The molecule has 0 aromatic heterocycles. The molecule has 3 heteroatoms. The summed E-state index contributed by atoms with van der Waals surface area (Å²) in [6.07, 6.45) is 1.11. The molecule has 0 spiro atoms. The Balaban J connectivity index is 1.95. The van der Waals surface area contributed by atoms with Crippen LogP contribution in [0.5, 0.6) is 5.75 Å². The summed E-state index contributed by atoms with van der Waals surface area (Å²) in [6, 6.07) is 8.96. The summed E-state index contributed by atoms with van der Waals surface area (Å²) in [5.41, 5.74) is 1.36. The number of hydrogen-bond donors (Lipinski definition) is 1. The molecule has 1 heterocycles. The van der Waals surface area contributed by atoms with Crippen molar-refractivity contribution in [3.05, 3.63) is 29.8 Å². The fourth-order valence-corrected chi connectivity index (χ4v) is 2.85. The molecule has 0 saturated heterocycles. The molecule has 1 aromatic carbocycles. The fraction of sp³-hybridized carbons (Fsp3) is 0.600. The summed E-state index contributed by atoms with van der Waals surface area (Å²) in [7, 11) is 0. The number of fused-ring (bicyclic) bond motifs is 1. The molecule has 0 bridgehead atoms. The zero-order valence-electron chi connectivity index (χ0n) is 11.2. The first kappa shape index (κ1) is 13.9. The van der Waals surface area contributed by atoms with Gasteiger partial charge in [-0.15, -0.1) is 0 Å². The number of rotatable bonds is 5. The van der Waals surface area contributed by atoms with Gasteiger partial charge in [-0.3, -0.25) is 0 Å². The van der Waals surface area contributed by atoms with E-state index in [4.69, 9.17) is 4.74 Å². The van der Waals surface area contributed by atoms with E-state index in [9.17, 15) is 0 Å². The van der Waals surface area contributed by atoms with E-state index in [1.165, 1.54) is 5.56 Å². The van der Waals surface area contributed by atoms with Crippen LogP contribution in [0.4, 0.5) is 0 Å². The lowest BCUT2D eigenvalue weighted by molar-refractivity contribution is 0.260. The molecule has 1 aliphatic heterocycles. The molecular formula is C15H22BrNO. The zero-order chi connectivity index (χ0) is 13.0. The molecule has 1 aromatic rings. The van der Waals surface area contributed by atoms with Crippen LogP contribution in [0.2, 0.25) is 0 Å². The van der Waals surface area contributed by atoms with Crippen molar-refractivity contribution < 1.29 is 4.74 Å². The Kier molecular flexibility index (Phi) is 5.07. The van der Waals surface area contributed by atoms with Gasteiger partial charge in [0.25, 0.3) is 0 Å². The van der Waals surface area contributed by atoms with Gasteiger partial charge in [-0.25, -0.2) is 0 Å². The lowest BCUT2D eigenvalue weighted by Gasteiger charge is -2.28. The number of nitrogens with one attached hydrogen (secondary N) is 1. The predicted octanol–water partition coefficient (Wildman–Crippen LogP) is 3.56. The minimum atomic E-state index is 0.541. The number of halogens is 1. The summed E-state index contributed by atoms with van der Waals surface area (Å²) in [5.74, 6) is 2.30. The van der Waals surface area contributed by atoms with Gasteiger partial charge in [0, 0.05) is 23.8 Å². The number of ether oxygens (including phenoxy) is 1. The molecule has 1 aliphatic rings. The Morgan fingerprint density at radius 1 is 1.39 bits per heavy atom. The van der Waals surface area contributed by atoms with Crippen molar-refractivity contribution in [3.63, 3.8) is 0 Å². The van der Waals surface area contributed by atoms with Gasteiger partial charge < -0.3 is 10.1 Å². The van der Waals surface area contributed by atoms with Gasteiger partial charge in [0.15, 0.2) is 0 Å². The maximum absolute atomic E-state index is 5.69. The van der Waals surface area contributed by atoms with E-state index in [1.54, 1.807) is 0 Å². The van der Waals surface area contributed by atoms with Gasteiger partial charge in [0.05, 0.1) is 6.61 Å². The van der Waals surface area contributed by atoms with Crippen molar-refractivity contribution in [1.82, 2.24) is 5.32 Å². The van der Waals surface area contributed by atoms with Crippen molar-refractivity contribution in [2.75, 3.05) is 18.5 Å². The van der Waals surface area contributed by atoms with E-state index in [1.807, 2.05) is 6.07 Å². The normalized spacial score (nSPS) is 21.8. The minimum absolute atomic E-state index is 0.541. The largest absolute Gasteiger partial charge is 0.493 e. The molecule has 0 fully saturated rings. The van der Waals surface area contributed by atoms with Crippen LogP contribution >= 0.6 is 15.9 Å². The molecule has 3 unspecified atom stereocenters. The molecule has 0 aliphatic carbocycles.